The van der Waals surface area contributed by atoms with Crippen molar-refractivity contribution in [3.05, 3.63) is 45.7 Å². The lowest BCUT2D eigenvalue weighted by molar-refractivity contribution is -0.143. The molecule has 1 fully saturated rings. The van der Waals surface area contributed by atoms with Crippen molar-refractivity contribution in [2.45, 2.75) is 19.8 Å². The number of hydrogen-bond acceptors (Lipinski definition) is 3. The second kappa shape index (κ2) is 5.87. The van der Waals surface area contributed by atoms with E-state index in [9.17, 15) is 14.4 Å². The lowest BCUT2D eigenvalue weighted by Gasteiger charge is -2.30. The van der Waals surface area contributed by atoms with Crippen molar-refractivity contribution in [3.8, 4) is 0 Å². The zero-order valence-electron chi connectivity index (χ0n) is 12.8. The Kier molecular flexibility index (Phi) is 3.90. The van der Waals surface area contributed by atoms with Crippen molar-refractivity contribution in [3.63, 3.8) is 0 Å². The quantitative estimate of drug-likeness (QED) is 0.884. The van der Waals surface area contributed by atoms with E-state index in [-0.39, 0.29) is 11.5 Å². The van der Waals surface area contributed by atoms with E-state index in [0.29, 0.717) is 37.0 Å². The Labute approximate surface area is 132 Å². The molecule has 1 aliphatic rings. The number of aliphatic carboxylic acids is 1. The van der Waals surface area contributed by atoms with Crippen LogP contribution >= 0.6 is 0 Å². The maximum absolute atomic E-state index is 12.7. The molecule has 0 aliphatic carbocycles. The molecular formula is C17H18N2O4. The van der Waals surface area contributed by atoms with Gasteiger partial charge in [0, 0.05) is 24.0 Å². The van der Waals surface area contributed by atoms with Crippen molar-refractivity contribution >= 4 is 22.8 Å². The van der Waals surface area contributed by atoms with Crippen molar-refractivity contribution in [1.82, 2.24) is 9.88 Å². The summed E-state index contributed by atoms with van der Waals surface area (Å²) in [6, 6.07) is 7.36. The highest BCUT2D eigenvalue weighted by Gasteiger charge is 2.29. The monoisotopic (exact) mass is 314 g/mol. The van der Waals surface area contributed by atoms with Crippen LogP contribution in [0.1, 0.15) is 28.8 Å². The maximum atomic E-state index is 12.7. The Balaban J connectivity index is 1.93. The maximum Gasteiger partial charge on any atom is 0.306 e. The number of fused-ring (bicyclic) bond motifs is 1. The zero-order valence-corrected chi connectivity index (χ0v) is 12.8. The normalized spacial score (nSPS) is 15.8. The summed E-state index contributed by atoms with van der Waals surface area (Å²) in [5.41, 5.74) is 1.12. The summed E-state index contributed by atoms with van der Waals surface area (Å²) in [5, 5.41) is 9.87. The number of rotatable bonds is 2. The molecule has 0 bridgehead atoms. The molecule has 0 spiro atoms. The van der Waals surface area contributed by atoms with Crippen LogP contribution in [-0.4, -0.2) is 40.0 Å². The van der Waals surface area contributed by atoms with E-state index in [1.54, 1.807) is 17.9 Å². The average molecular weight is 314 g/mol. The first-order valence-electron chi connectivity index (χ1n) is 7.62. The van der Waals surface area contributed by atoms with Gasteiger partial charge in [0.2, 0.25) is 0 Å². The first kappa shape index (κ1) is 15.3. The number of nitrogens with zero attached hydrogens (tertiary/aromatic N) is 1. The Hall–Kier alpha value is -2.63. The van der Waals surface area contributed by atoms with E-state index in [4.69, 9.17) is 5.11 Å². The predicted molar refractivity (Wildman–Crippen MR) is 85.6 cm³/mol. The van der Waals surface area contributed by atoms with E-state index < -0.39 is 17.4 Å². The highest BCUT2D eigenvalue weighted by Crippen LogP contribution is 2.22. The Morgan fingerprint density at radius 1 is 1.22 bits per heavy atom. The molecule has 2 N–H and O–H groups in total. The number of benzene rings is 1. The number of pyridine rings is 1. The largest absolute Gasteiger partial charge is 0.481 e. The SMILES string of the molecule is Cc1c(C(=O)N2CCC(C(=O)O)CC2)c(=O)[nH]c2ccccc12. The van der Waals surface area contributed by atoms with Gasteiger partial charge in [-0.15, -0.1) is 0 Å². The predicted octanol–water partition coefficient (Wildman–Crippen LogP) is 1.77. The van der Waals surface area contributed by atoms with Crippen LogP contribution in [0, 0.1) is 12.8 Å². The molecule has 0 radical (unpaired) electrons. The van der Waals surface area contributed by atoms with Gasteiger partial charge in [0.1, 0.15) is 5.56 Å². The number of H-pyrrole nitrogens is 1. The molecule has 6 nitrogen and oxygen atoms in total. The number of para-hydroxylation sites is 1. The summed E-state index contributed by atoms with van der Waals surface area (Å²) in [6.07, 6.45) is 0.844. The van der Waals surface area contributed by atoms with Crippen LogP contribution in [0.5, 0.6) is 0 Å². The number of amides is 1. The van der Waals surface area contributed by atoms with E-state index in [1.807, 2.05) is 18.2 Å². The summed E-state index contributed by atoms with van der Waals surface area (Å²) in [5.74, 6) is -1.55. The van der Waals surface area contributed by atoms with Gasteiger partial charge >= 0.3 is 5.97 Å². The van der Waals surface area contributed by atoms with Gasteiger partial charge in [-0.25, -0.2) is 0 Å². The van der Waals surface area contributed by atoms with Gasteiger partial charge in [-0.2, -0.15) is 0 Å². The first-order valence-corrected chi connectivity index (χ1v) is 7.62. The highest BCUT2D eigenvalue weighted by atomic mass is 16.4. The molecule has 0 atom stereocenters. The Morgan fingerprint density at radius 3 is 2.52 bits per heavy atom. The second-order valence-corrected chi connectivity index (χ2v) is 5.90. The third kappa shape index (κ3) is 2.72. The molecule has 23 heavy (non-hydrogen) atoms. The minimum absolute atomic E-state index is 0.150. The minimum Gasteiger partial charge on any atom is -0.481 e. The molecule has 2 heterocycles. The molecule has 0 saturated carbocycles. The fourth-order valence-electron chi connectivity index (χ4n) is 3.15. The number of likely N-dealkylation sites (tertiary alicyclic amines) is 1. The molecule has 1 aromatic carbocycles. The summed E-state index contributed by atoms with van der Waals surface area (Å²) >= 11 is 0. The number of carbonyl (C=O) groups is 2. The van der Waals surface area contributed by atoms with Gasteiger partial charge in [-0.1, -0.05) is 18.2 Å². The average Bonchev–Trinajstić information content (AvgIpc) is 2.54. The number of hydrogen-bond donors (Lipinski definition) is 2. The standard InChI is InChI=1S/C17H18N2O4/c1-10-12-4-2-3-5-13(12)18-15(20)14(10)16(21)19-8-6-11(7-9-19)17(22)23/h2-5,11H,6-9H2,1H3,(H,18,20)(H,22,23). The second-order valence-electron chi connectivity index (χ2n) is 5.90. The van der Waals surface area contributed by atoms with Gasteiger partial charge in [-0.05, 0) is 31.4 Å². The number of piperidine rings is 1. The number of carboxylic acids is 1. The van der Waals surface area contributed by atoms with E-state index in [2.05, 4.69) is 4.98 Å². The topological polar surface area (TPSA) is 90.5 Å². The number of aromatic amines is 1. The molecule has 1 amide bonds. The summed E-state index contributed by atoms with van der Waals surface area (Å²) in [7, 11) is 0. The minimum atomic E-state index is -0.822. The van der Waals surface area contributed by atoms with Crippen LogP contribution in [0.25, 0.3) is 10.9 Å². The Bertz CT molecular complexity index is 832. The number of carboxylic acid groups (broad SMARTS) is 1. The fourth-order valence-corrected chi connectivity index (χ4v) is 3.15. The number of aromatic nitrogens is 1. The molecule has 3 rings (SSSR count). The van der Waals surface area contributed by atoms with E-state index in [0.717, 1.165) is 5.39 Å². The highest BCUT2D eigenvalue weighted by molar-refractivity contribution is 6.00. The van der Waals surface area contributed by atoms with Crippen LogP contribution in [0.2, 0.25) is 0 Å². The summed E-state index contributed by atoms with van der Waals surface area (Å²) in [6.45, 7) is 2.50. The molecule has 0 unspecified atom stereocenters. The molecule has 1 aliphatic heterocycles. The van der Waals surface area contributed by atoms with Crippen molar-refractivity contribution in [1.29, 1.82) is 0 Å². The number of aryl methyl sites for hydroxylation is 1. The number of nitrogens with one attached hydrogen (secondary N) is 1. The molecule has 1 saturated heterocycles. The molecule has 1 aromatic heterocycles. The first-order chi connectivity index (χ1) is 11.0. The third-order valence-electron chi connectivity index (χ3n) is 4.53. The van der Waals surface area contributed by atoms with Gasteiger partial charge in [0.05, 0.1) is 5.92 Å². The molecular weight excluding hydrogens is 296 g/mol. The van der Waals surface area contributed by atoms with Crippen molar-refractivity contribution in [2.24, 2.45) is 5.92 Å². The van der Waals surface area contributed by atoms with Gasteiger partial charge in [0.25, 0.3) is 11.5 Å². The van der Waals surface area contributed by atoms with Crippen LogP contribution < -0.4 is 5.56 Å². The lowest BCUT2D eigenvalue weighted by Crippen LogP contribution is -2.42. The van der Waals surface area contributed by atoms with E-state index >= 15 is 0 Å². The van der Waals surface area contributed by atoms with Crippen LogP contribution in [0.15, 0.2) is 29.1 Å². The number of carbonyl (C=O) groups excluding carboxylic acids is 1. The Morgan fingerprint density at radius 2 is 1.87 bits per heavy atom. The molecule has 6 heteroatoms. The smallest absolute Gasteiger partial charge is 0.306 e. The third-order valence-corrected chi connectivity index (χ3v) is 4.53. The van der Waals surface area contributed by atoms with Crippen LogP contribution in [0.4, 0.5) is 0 Å². The van der Waals surface area contributed by atoms with Crippen LogP contribution in [-0.2, 0) is 4.79 Å². The summed E-state index contributed by atoms with van der Waals surface area (Å²) < 4.78 is 0. The lowest BCUT2D eigenvalue weighted by atomic mass is 9.96. The van der Waals surface area contributed by atoms with Crippen molar-refractivity contribution < 1.29 is 14.7 Å². The molecule has 2 aromatic rings. The molecule has 120 valence electrons. The summed E-state index contributed by atoms with van der Waals surface area (Å²) in [4.78, 5) is 40.4. The van der Waals surface area contributed by atoms with Gasteiger partial charge in [0.15, 0.2) is 0 Å². The van der Waals surface area contributed by atoms with Crippen molar-refractivity contribution in [2.75, 3.05) is 13.1 Å². The van der Waals surface area contributed by atoms with Gasteiger partial charge < -0.3 is 15.0 Å². The van der Waals surface area contributed by atoms with Crippen LogP contribution in [0.3, 0.4) is 0 Å². The fraction of sp³-hybridized carbons (Fsp3) is 0.353. The van der Waals surface area contributed by atoms with E-state index in [1.165, 1.54) is 0 Å². The zero-order chi connectivity index (χ0) is 16.6. The van der Waals surface area contributed by atoms with Gasteiger partial charge in [-0.3, -0.25) is 14.4 Å².